The minimum absolute atomic E-state index is 0.0349. The molecule has 0 saturated heterocycles. The second-order valence-electron chi connectivity index (χ2n) is 5.63. The summed E-state index contributed by atoms with van der Waals surface area (Å²) in [5, 5.41) is 10.0. The third-order valence-corrected chi connectivity index (χ3v) is 3.19. The van der Waals surface area contributed by atoms with Crippen molar-refractivity contribution in [2.24, 2.45) is 5.92 Å². The first-order valence-electron chi connectivity index (χ1n) is 7.45. The zero-order chi connectivity index (χ0) is 15.9. The Morgan fingerprint density at radius 3 is 2.73 bits per heavy atom. The third-order valence-electron chi connectivity index (χ3n) is 3.19. The van der Waals surface area contributed by atoms with E-state index in [9.17, 15) is 9.90 Å². The van der Waals surface area contributed by atoms with Crippen LogP contribution in [0, 0.1) is 5.92 Å². The molecule has 2 rings (SSSR count). The van der Waals surface area contributed by atoms with Crippen LogP contribution in [-0.4, -0.2) is 22.5 Å². The van der Waals surface area contributed by atoms with E-state index in [1.165, 1.54) is 6.07 Å². The Balaban J connectivity index is 1.97. The Morgan fingerprint density at radius 1 is 1.27 bits per heavy atom. The number of phenolic OH excluding ortho intramolecular Hbond substituents is 1. The molecule has 2 aromatic rings. The maximum atomic E-state index is 12.2. The third kappa shape index (κ3) is 4.58. The second kappa shape index (κ2) is 7.59. The van der Waals surface area contributed by atoms with Crippen molar-refractivity contribution >= 4 is 5.78 Å². The van der Waals surface area contributed by atoms with Crippen molar-refractivity contribution in [1.82, 2.24) is 4.98 Å². The molecule has 1 heterocycles. The van der Waals surface area contributed by atoms with Crippen molar-refractivity contribution in [1.29, 1.82) is 0 Å². The number of pyridine rings is 1. The summed E-state index contributed by atoms with van der Waals surface area (Å²) >= 11 is 0. The Hall–Kier alpha value is -2.36. The Labute approximate surface area is 130 Å². The van der Waals surface area contributed by atoms with E-state index < -0.39 is 0 Å². The van der Waals surface area contributed by atoms with Gasteiger partial charge >= 0.3 is 0 Å². The predicted octanol–water partition coefficient (Wildman–Crippen LogP) is 3.64. The summed E-state index contributed by atoms with van der Waals surface area (Å²) in [5.41, 5.74) is 1.19. The Morgan fingerprint density at radius 2 is 2.09 bits per heavy atom. The molecule has 0 bridgehead atoms. The first kappa shape index (κ1) is 16.0. The van der Waals surface area contributed by atoms with Gasteiger partial charge in [0.2, 0.25) is 0 Å². The normalized spacial score (nSPS) is 10.7. The topological polar surface area (TPSA) is 59.4 Å². The highest BCUT2D eigenvalue weighted by Gasteiger charge is 2.12. The molecule has 0 unspecified atom stereocenters. The highest BCUT2D eigenvalue weighted by Crippen LogP contribution is 2.25. The fourth-order valence-corrected chi connectivity index (χ4v) is 2.02. The first-order valence-corrected chi connectivity index (χ1v) is 7.45. The fraction of sp³-hybridized carbons (Fsp3) is 0.333. The van der Waals surface area contributed by atoms with E-state index in [0.29, 0.717) is 36.7 Å². The van der Waals surface area contributed by atoms with Gasteiger partial charge in [0.25, 0.3) is 0 Å². The van der Waals surface area contributed by atoms with Crippen LogP contribution in [0.25, 0.3) is 0 Å². The van der Waals surface area contributed by atoms with E-state index in [2.05, 4.69) is 18.8 Å². The van der Waals surface area contributed by atoms with Gasteiger partial charge in [0.05, 0.1) is 12.2 Å². The van der Waals surface area contributed by atoms with E-state index in [-0.39, 0.29) is 11.5 Å². The standard InChI is InChI=1S/C18H21NO3/c1-13(2)12-22-15-7-8-16(18(21)11-15)17(20)9-6-14-5-3-4-10-19-14/h3-5,7-8,10-11,13,21H,6,9,12H2,1-2H3. The van der Waals surface area contributed by atoms with Crippen molar-refractivity contribution in [2.45, 2.75) is 26.7 Å². The van der Waals surface area contributed by atoms with Gasteiger partial charge in [-0.3, -0.25) is 9.78 Å². The van der Waals surface area contributed by atoms with Crippen LogP contribution in [-0.2, 0) is 6.42 Å². The van der Waals surface area contributed by atoms with Gasteiger partial charge in [-0.15, -0.1) is 0 Å². The van der Waals surface area contributed by atoms with Gasteiger partial charge in [0.1, 0.15) is 11.5 Å². The molecule has 0 saturated carbocycles. The number of ether oxygens (including phenoxy) is 1. The lowest BCUT2D eigenvalue weighted by Gasteiger charge is -2.10. The molecule has 0 aliphatic carbocycles. The zero-order valence-corrected chi connectivity index (χ0v) is 13.0. The molecule has 4 heteroatoms. The maximum Gasteiger partial charge on any atom is 0.166 e. The van der Waals surface area contributed by atoms with Gasteiger partial charge < -0.3 is 9.84 Å². The number of carbonyl (C=O) groups is 1. The number of ketones is 1. The van der Waals surface area contributed by atoms with Crippen LogP contribution in [0.2, 0.25) is 0 Å². The van der Waals surface area contributed by atoms with Gasteiger partial charge in [-0.2, -0.15) is 0 Å². The van der Waals surface area contributed by atoms with Crippen LogP contribution in [0.15, 0.2) is 42.6 Å². The smallest absolute Gasteiger partial charge is 0.166 e. The average molecular weight is 299 g/mol. The molecule has 1 aromatic heterocycles. The molecular formula is C18H21NO3. The number of phenols is 1. The monoisotopic (exact) mass is 299 g/mol. The lowest BCUT2D eigenvalue weighted by Crippen LogP contribution is -2.06. The number of aromatic hydroxyl groups is 1. The summed E-state index contributed by atoms with van der Waals surface area (Å²) in [7, 11) is 0. The van der Waals surface area contributed by atoms with E-state index >= 15 is 0 Å². The van der Waals surface area contributed by atoms with Crippen LogP contribution in [0.4, 0.5) is 0 Å². The molecule has 116 valence electrons. The zero-order valence-electron chi connectivity index (χ0n) is 13.0. The van der Waals surface area contributed by atoms with Crippen molar-refractivity contribution in [3.05, 3.63) is 53.9 Å². The lowest BCUT2D eigenvalue weighted by molar-refractivity contribution is 0.0980. The van der Waals surface area contributed by atoms with E-state index in [1.54, 1.807) is 18.3 Å². The molecule has 0 fully saturated rings. The number of nitrogens with zero attached hydrogens (tertiary/aromatic N) is 1. The summed E-state index contributed by atoms with van der Waals surface area (Å²) in [6, 6.07) is 10.5. The number of rotatable bonds is 7. The largest absolute Gasteiger partial charge is 0.507 e. The van der Waals surface area contributed by atoms with Crippen molar-refractivity contribution in [3.8, 4) is 11.5 Å². The highest BCUT2D eigenvalue weighted by molar-refractivity contribution is 5.98. The van der Waals surface area contributed by atoms with E-state index in [0.717, 1.165) is 5.69 Å². The van der Waals surface area contributed by atoms with E-state index in [1.807, 2.05) is 18.2 Å². The van der Waals surface area contributed by atoms with Gasteiger partial charge in [-0.25, -0.2) is 0 Å². The van der Waals surface area contributed by atoms with Crippen LogP contribution >= 0.6 is 0 Å². The van der Waals surface area contributed by atoms with Crippen molar-refractivity contribution < 1.29 is 14.6 Å². The van der Waals surface area contributed by atoms with Crippen LogP contribution in [0.5, 0.6) is 11.5 Å². The van der Waals surface area contributed by atoms with Crippen LogP contribution in [0.1, 0.15) is 36.3 Å². The highest BCUT2D eigenvalue weighted by atomic mass is 16.5. The van der Waals surface area contributed by atoms with Gasteiger partial charge in [0.15, 0.2) is 5.78 Å². The molecule has 0 aliphatic rings. The predicted molar refractivity (Wildman–Crippen MR) is 85.3 cm³/mol. The molecule has 1 aromatic carbocycles. The van der Waals surface area contributed by atoms with Crippen LogP contribution < -0.4 is 4.74 Å². The van der Waals surface area contributed by atoms with Gasteiger partial charge in [-0.05, 0) is 36.6 Å². The number of aromatic nitrogens is 1. The van der Waals surface area contributed by atoms with Crippen LogP contribution in [0.3, 0.4) is 0 Å². The quantitative estimate of drug-likeness (QED) is 0.793. The number of Topliss-reactive ketones (excluding diaryl/α,β-unsaturated/α-hetero) is 1. The number of hydrogen-bond acceptors (Lipinski definition) is 4. The summed E-state index contributed by atoms with van der Waals surface area (Å²) in [4.78, 5) is 16.4. The number of aryl methyl sites for hydroxylation is 1. The lowest BCUT2D eigenvalue weighted by atomic mass is 10.0. The maximum absolute atomic E-state index is 12.2. The molecule has 22 heavy (non-hydrogen) atoms. The molecule has 0 spiro atoms. The summed E-state index contributed by atoms with van der Waals surface area (Å²) < 4.78 is 5.53. The van der Waals surface area contributed by atoms with E-state index in [4.69, 9.17) is 4.74 Å². The number of benzene rings is 1. The second-order valence-corrected chi connectivity index (χ2v) is 5.63. The fourth-order valence-electron chi connectivity index (χ4n) is 2.02. The number of hydrogen-bond donors (Lipinski definition) is 1. The first-order chi connectivity index (χ1) is 10.6. The molecule has 4 nitrogen and oxygen atoms in total. The summed E-state index contributed by atoms with van der Waals surface area (Å²) in [6.45, 7) is 4.68. The Bertz CT molecular complexity index is 623. The molecule has 0 amide bonds. The molecule has 0 radical (unpaired) electrons. The van der Waals surface area contributed by atoms with Crippen molar-refractivity contribution in [2.75, 3.05) is 6.61 Å². The molecule has 0 aliphatic heterocycles. The molecule has 0 atom stereocenters. The van der Waals surface area contributed by atoms with Crippen molar-refractivity contribution in [3.63, 3.8) is 0 Å². The van der Waals surface area contributed by atoms with Gasteiger partial charge in [0, 0.05) is 24.4 Å². The summed E-state index contributed by atoms with van der Waals surface area (Å²) in [5.74, 6) is 0.847. The minimum atomic E-state index is -0.0986. The minimum Gasteiger partial charge on any atom is -0.507 e. The molecule has 1 N–H and O–H groups in total. The SMILES string of the molecule is CC(C)COc1ccc(C(=O)CCc2ccccn2)c(O)c1. The summed E-state index contributed by atoms with van der Waals surface area (Å²) in [6.07, 6.45) is 2.58. The average Bonchev–Trinajstić information content (AvgIpc) is 2.51. The number of carbonyl (C=O) groups excluding carboxylic acids is 1. The molecular weight excluding hydrogens is 278 g/mol. The van der Waals surface area contributed by atoms with Gasteiger partial charge in [-0.1, -0.05) is 19.9 Å². The Kier molecular flexibility index (Phi) is 5.53.